The second-order valence-electron chi connectivity index (χ2n) is 2.48. The summed E-state index contributed by atoms with van der Waals surface area (Å²) in [7, 11) is 0. The second kappa shape index (κ2) is 7.34. The van der Waals surface area contributed by atoms with Crippen LogP contribution in [0.25, 0.3) is 0 Å². The van der Waals surface area contributed by atoms with E-state index in [1.807, 2.05) is 6.92 Å². The van der Waals surface area contributed by atoms with Gasteiger partial charge < -0.3 is 15.6 Å². The zero-order chi connectivity index (χ0) is 8.85. The Morgan fingerprint density at radius 2 is 2.17 bits per heavy atom. The van der Waals surface area contributed by atoms with Crippen molar-refractivity contribution in [2.45, 2.75) is 32.4 Å². The molecule has 0 heterocycles. The predicted molar refractivity (Wildman–Crippen MR) is 48.6 cm³/mol. The fourth-order valence-corrected chi connectivity index (χ4v) is 0.457. The first-order valence-corrected chi connectivity index (χ1v) is 3.68. The number of hydrogen-bond acceptors (Lipinski definition) is 3. The summed E-state index contributed by atoms with van der Waals surface area (Å²) in [6, 6.07) is -0.0585. The summed E-state index contributed by atoms with van der Waals surface area (Å²) >= 11 is 0. The van der Waals surface area contributed by atoms with Crippen LogP contribution in [0.15, 0.2) is 0 Å². The Bertz CT molecular complexity index is 132. The first-order chi connectivity index (χ1) is 5.07. The molecule has 0 spiro atoms. The van der Waals surface area contributed by atoms with E-state index in [1.54, 1.807) is 0 Å². The van der Waals surface area contributed by atoms with E-state index < -0.39 is 12.1 Å². The molecular weight excluding hydrogens is 182 g/mol. The molecule has 12 heavy (non-hydrogen) atoms. The smallest absolute Gasteiger partial charge is 0.332 e. The highest BCUT2D eigenvalue weighted by atomic mass is 35.5. The Kier molecular flexibility index (Phi) is 8.69. The Balaban J connectivity index is 0. The third-order valence-corrected chi connectivity index (χ3v) is 1.43. The van der Waals surface area contributed by atoms with Gasteiger partial charge in [-0.3, -0.25) is 0 Å². The summed E-state index contributed by atoms with van der Waals surface area (Å²) in [6.07, 6.45) is 0.0411. The van der Waals surface area contributed by atoms with Gasteiger partial charge in [0.2, 0.25) is 0 Å². The van der Waals surface area contributed by atoms with Crippen molar-refractivity contribution in [1.82, 2.24) is 0 Å². The van der Waals surface area contributed by atoms with Crippen LogP contribution in [0.5, 0.6) is 0 Å². The molecule has 0 aromatic heterocycles. The van der Waals surface area contributed by atoms with Gasteiger partial charge in [-0.1, -0.05) is 6.92 Å². The lowest BCUT2D eigenvalue weighted by Crippen LogP contribution is -2.30. The Labute approximate surface area is 78.5 Å². The summed E-state index contributed by atoms with van der Waals surface area (Å²) in [5.74, 6) is -0.951. The van der Waals surface area contributed by atoms with Crippen molar-refractivity contribution in [2.24, 2.45) is 5.73 Å². The number of carboxylic acid groups (broad SMARTS) is 1. The molecule has 0 rings (SSSR count). The predicted octanol–water partition coefficient (Wildman–Crippen LogP) is 0.635. The summed E-state index contributed by atoms with van der Waals surface area (Å²) in [5.41, 5.74) is 5.50. The number of carboxylic acids is 1. The third kappa shape index (κ3) is 6.39. The number of rotatable bonds is 5. The van der Waals surface area contributed by atoms with E-state index in [2.05, 4.69) is 0 Å². The van der Waals surface area contributed by atoms with Crippen LogP contribution >= 0.6 is 12.4 Å². The fraction of sp³-hybridized carbons (Fsp3) is 0.857. The van der Waals surface area contributed by atoms with Gasteiger partial charge in [0.1, 0.15) is 0 Å². The van der Waals surface area contributed by atoms with Gasteiger partial charge in [-0.2, -0.15) is 0 Å². The number of hydrogen-bond donors (Lipinski definition) is 2. The molecule has 0 saturated heterocycles. The van der Waals surface area contributed by atoms with E-state index in [1.165, 1.54) is 6.92 Å². The minimum Gasteiger partial charge on any atom is -0.479 e. The van der Waals surface area contributed by atoms with Crippen molar-refractivity contribution in [3.8, 4) is 0 Å². The van der Waals surface area contributed by atoms with Gasteiger partial charge in [-0.25, -0.2) is 4.79 Å². The monoisotopic (exact) mass is 197 g/mol. The third-order valence-electron chi connectivity index (χ3n) is 1.43. The molecule has 0 aromatic rings. The molecule has 5 heteroatoms. The van der Waals surface area contributed by atoms with Gasteiger partial charge in [0.05, 0.1) is 6.61 Å². The van der Waals surface area contributed by atoms with E-state index >= 15 is 0 Å². The molecule has 0 amide bonds. The number of carbonyl (C=O) groups is 1. The normalized spacial score (nSPS) is 14.6. The minimum absolute atomic E-state index is 0. The van der Waals surface area contributed by atoms with Crippen molar-refractivity contribution in [1.29, 1.82) is 0 Å². The summed E-state index contributed by atoms with van der Waals surface area (Å²) in [6.45, 7) is 3.73. The lowest BCUT2D eigenvalue weighted by molar-refractivity contribution is -0.149. The molecular formula is C7H16ClNO3. The first kappa shape index (κ1) is 14.2. The Morgan fingerprint density at radius 1 is 1.67 bits per heavy atom. The maximum atomic E-state index is 10.2. The molecule has 2 atom stereocenters. The van der Waals surface area contributed by atoms with E-state index in [0.29, 0.717) is 6.61 Å². The summed E-state index contributed by atoms with van der Waals surface area (Å²) < 4.78 is 4.93. The number of aliphatic carboxylic acids is 1. The molecule has 4 nitrogen and oxygen atoms in total. The average molecular weight is 198 g/mol. The van der Waals surface area contributed by atoms with Gasteiger partial charge >= 0.3 is 5.97 Å². The van der Waals surface area contributed by atoms with Crippen LogP contribution in [0.1, 0.15) is 20.3 Å². The highest BCUT2D eigenvalue weighted by Crippen LogP contribution is 1.93. The Hall–Kier alpha value is -0.320. The number of halogens is 1. The van der Waals surface area contributed by atoms with Crippen molar-refractivity contribution in [2.75, 3.05) is 6.61 Å². The zero-order valence-corrected chi connectivity index (χ0v) is 8.13. The molecule has 2 unspecified atom stereocenters. The van der Waals surface area contributed by atoms with Gasteiger partial charge in [-0.05, 0) is 13.3 Å². The van der Waals surface area contributed by atoms with E-state index in [0.717, 1.165) is 6.42 Å². The standard InChI is InChI=1S/C7H15NO3.ClH/c1-3-6(8)4-11-5(2)7(9)10;/h5-6H,3-4,8H2,1-2H3,(H,9,10);1H. The summed E-state index contributed by atoms with van der Waals surface area (Å²) in [4.78, 5) is 10.2. The quantitative estimate of drug-likeness (QED) is 0.679. The van der Waals surface area contributed by atoms with Crippen LogP contribution in [-0.4, -0.2) is 29.8 Å². The molecule has 0 aliphatic heterocycles. The van der Waals surface area contributed by atoms with E-state index in [-0.39, 0.29) is 18.4 Å². The maximum absolute atomic E-state index is 10.2. The first-order valence-electron chi connectivity index (χ1n) is 3.68. The van der Waals surface area contributed by atoms with Crippen molar-refractivity contribution >= 4 is 18.4 Å². The van der Waals surface area contributed by atoms with Gasteiger partial charge in [0, 0.05) is 6.04 Å². The molecule has 0 aromatic carbocycles. The van der Waals surface area contributed by atoms with Crippen molar-refractivity contribution in [3.05, 3.63) is 0 Å². The molecule has 3 N–H and O–H groups in total. The highest BCUT2D eigenvalue weighted by Gasteiger charge is 2.11. The van der Waals surface area contributed by atoms with Crippen LogP contribution in [0.2, 0.25) is 0 Å². The SMILES string of the molecule is CCC(N)COC(C)C(=O)O.Cl. The van der Waals surface area contributed by atoms with Gasteiger partial charge in [0.15, 0.2) is 6.10 Å². The largest absolute Gasteiger partial charge is 0.479 e. The van der Waals surface area contributed by atoms with Crippen molar-refractivity contribution in [3.63, 3.8) is 0 Å². The zero-order valence-electron chi connectivity index (χ0n) is 7.32. The minimum atomic E-state index is -0.951. The molecule has 0 aliphatic carbocycles. The van der Waals surface area contributed by atoms with Crippen molar-refractivity contribution < 1.29 is 14.6 Å². The lowest BCUT2D eigenvalue weighted by atomic mass is 10.2. The van der Waals surface area contributed by atoms with Gasteiger partial charge in [-0.15, -0.1) is 12.4 Å². The molecule has 0 aliphatic rings. The molecule has 0 fully saturated rings. The van der Waals surface area contributed by atoms with Gasteiger partial charge in [0.25, 0.3) is 0 Å². The molecule has 74 valence electrons. The lowest BCUT2D eigenvalue weighted by Gasteiger charge is -2.12. The summed E-state index contributed by atoms with van der Waals surface area (Å²) in [5, 5.41) is 8.40. The van der Waals surface area contributed by atoms with Crippen LogP contribution in [0, 0.1) is 0 Å². The Morgan fingerprint density at radius 3 is 2.50 bits per heavy atom. The highest BCUT2D eigenvalue weighted by molar-refractivity contribution is 5.85. The molecule has 0 saturated carbocycles. The fourth-order valence-electron chi connectivity index (χ4n) is 0.457. The van der Waals surface area contributed by atoms with Crippen LogP contribution < -0.4 is 5.73 Å². The maximum Gasteiger partial charge on any atom is 0.332 e. The number of nitrogens with two attached hydrogens (primary N) is 1. The van der Waals surface area contributed by atoms with Crippen LogP contribution in [0.4, 0.5) is 0 Å². The topological polar surface area (TPSA) is 72.5 Å². The molecule has 0 bridgehead atoms. The van der Waals surface area contributed by atoms with Crippen LogP contribution in [-0.2, 0) is 9.53 Å². The second-order valence-corrected chi connectivity index (χ2v) is 2.48. The van der Waals surface area contributed by atoms with E-state index in [9.17, 15) is 4.79 Å². The average Bonchev–Trinajstić information content (AvgIpc) is 1.99. The van der Waals surface area contributed by atoms with Crippen LogP contribution in [0.3, 0.4) is 0 Å². The number of ether oxygens (including phenoxy) is 1. The van der Waals surface area contributed by atoms with E-state index in [4.69, 9.17) is 15.6 Å². The molecule has 0 radical (unpaired) electrons.